The Bertz CT molecular complexity index is 617. The summed E-state index contributed by atoms with van der Waals surface area (Å²) < 4.78 is 11.6. The van der Waals surface area contributed by atoms with E-state index in [1.165, 1.54) is 5.56 Å². The molecule has 2 fully saturated rings. The van der Waals surface area contributed by atoms with Gasteiger partial charge in [0.15, 0.2) is 0 Å². The molecule has 24 heavy (non-hydrogen) atoms. The van der Waals surface area contributed by atoms with Gasteiger partial charge in [-0.05, 0) is 36.6 Å². The molecule has 0 N–H and O–H groups in total. The van der Waals surface area contributed by atoms with E-state index < -0.39 is 0 Å². The van der Waals surface area contributed by atoms with E-state index in [-0.39, 0.29) is 0 Å². The van der Waals surface area contributed by atoms with Gasteiger partial charge in [-0.1, -0.05) is 6.07 Å². The first-order valence-electron chi connectivity index (χ1n) is 8.88. The summed E-state index contributed by atoms with van der Waals surface area (Å²) in [5, 5.41) is 0. The van der Waals surface area contributed by atoms with Gasteiger partial charge in [-0.3, -0.25) is 14.8 Å². The Kier molecular flexibility index (Phi) is 4.92. The lowest BCUT2D eigenvalue weighted by Crippen LogP contribution is -2.50. The number of hydrogen-bond acceptors (Lipinski definition) is 5. The maximum absolute atomic E-state index is 6.11. The molecule has 128 valence electrons. The van der Waals surface area contributed by atoms with E-state index in [2.05, 4.69) is 26.9 Å². The Morgan fingerprint density at radius 3 is 2.88 bits per heavy atom. The quantitative estimate of drug-likeness (QED) is 0.863. The molecule has 2 aromatic heterocycles. The summed E-state index contributed by atoms with van der Waals surface area (Å²) in [5.41, 5.74) is 1.29. The molecule has 5 nitrogen and oxygen atoms in total. The normalized spacial score (nSPS) is 26.0. The number of aromatic nitrogens is 1. The Hall–Kier alpha value is -1.69. The van der Waals surface area contributed by atoms with Crippen LogP contribution in [0, 0.1) is 0 Å². The van der Waals surface area contributed by atoms with Crippen molar-refractivity contribution in [1.82, 2.24) is 14.8 Å². The molecule has 0 spiro atoms. The van der Waals surface area contributed by atoms with Crippen LogP contribution in [0.4, 0.5) is 0 Å². The molecule has 4 rings (SSSR count). The zero-order chi connectivity index (χ0) is 16.2. The molecule has 0 bridgehead atoms. The van der Waals surface area contributed by atoms with E-state index in [0.717, 1.165) is 57.9 Å². The second-order valence-electron chi connectivity index (χ2n) is 6.74. The Labute approximate surface area is 143 Å². The number of furan rings is 1. The maximum Gasteiger partial charge on any atom is 0.117 e. The first-order chi connectivity index (χ1) is 11.9. The highest BCUT2D eigenvalue weighted by atomic mass is 16.5. The van der Waals surface area contributed by atoms with Crippen LogP contribution in [0.1, 0.15) is 24.2 Å². The number of ether oxygens (including phenoxy) is 1. The fraction of sp³-hybridized carbons (Fsp3) is 0.526. The van der Waals surface area contributed by atoms with Gasteiger partial charge < -0.3 is 9.15 Å². The zero-order valence-electron chi connectivity index (χ0n) is 14.0. The van der Waals surface area contributed by atoms with Crippen LogP contribution in [0.3, 0.4) is 0 Å². The minimum absolute atomic E-state index is 0.344. The molecule has 0 saturated carbocycles. The number of rotatable bonds is 4. The summed E-state index contributed by atoms with van der Waals surface area (Å²) in [7, 11) is 0. The largest absolute Gasteiger partial charge is 0.468 e. The molecule has 2 saturated heterocycles. The average molecular weight is 327 g/mol. The first-order valence-corrected chi connectivity index (χ1v) is 8.88. The highest BCUT2D eigenvalue weighted by Crippen LogP contribution is 2.26. The summed E-state index contributed by atoms with van der Waals surface area (Å²) in [4.78, 5) is 9.32. The average Bonchev–Trinajstić information content (AvgIpc) is 3.03. The molecule has 0 aromatic carbocycles. The van der Waals surface area contributed by atoms with Crippen LogP contribution in [0.5, 0.6) is 0 Å². The van der Waals surface area contributed by atoms with Gasteiger partial charge in [0.25, 0.3) is 0 Å². The summed E-state index contributed by atoms with van der Waals surface area (Å²) in [6.07, 6.45) is 8.15. The fourth-order valence-electron chi connectivity index (χ4n) is 3.92. The molecular weight excluding hydrogens is 302 g/mol. The molecule has 2 aliphatic heterocycles. The van der Waals surface area contributed by atoms with Crippen LogP contribution >= 0.6 is 0 Å². The predicted octanol–water partition coefficient (Wildman–Crippen LogP) is 2.54. The smallest absolute Gasteiger partial charge is 0.117 e. The molecule has 5 heteroatoms. The molecule has 4 heterocycles. The van der Waals surface area contributed by atoms with Crippen molar-refractivity contribution in [1.29, 1.82) is 0 Å². The van der Waals surface area contributed by atoms with Crippen LogP contribution in [-0.4, -0.2) is 53.2 Å². The second-order valence-corrected chi connectivity index (χ2v) is 6.74. The van der Waals surface area contributed by atoms with Crippen molar-refractivity contribution in [3.8, 4) is 0 Å². The van der Waals surface area contributed by atoms with Crippen LogP contribution in [0.25, 0.3) is 0 Å². The third-order valence-corrected chi connectivity index (χ3v) is 5.15. The monoisotopic (exact) mass is 327 g/mol. The van der Waals surface area contributed by atoms with Crippen molar-refractivity contribution in [3.63, 3.8) is 0 Å². The molecular formula is C19H25N3O2. The number of likely N-dealkylation sites (tertiary alicyclic amines) is 1. The molecule has 0 unspecified atom stereocenters. The van der Waals surface area contributed by atoms with Gasteiger partial charge >= 0.3 is 0 Å². The van der Waals surface area contributed by atoms with Crippen molar-refractivity contribution >= 4 is 0 Å². The number of hydrogen-bond donors (Lipinski definition) is 0. The number of fused-ring (bicyclic) bond motifs is 1. The van der Waals surface area contributed by atoms with Gasteiger partial charge in [0, 0.05) is 44.6 Å². The lowest BCUT2D eigenvalue weighted by atomic mass is 10.0. The van der Waals surface area contributed by atoms with E-state index in [0.29, 0.717) is 12.1 Å². The van der Waals surface area contributed by atoms with Gasteiger partial charge in [-0.2, -0.15) is 0 Å². The highest BCUT2D eigenvalue weighted by Gasteiger charge is 2.34. The number of nitrogens with zero attached hydrogens (tertiary/aromatic N) is 3. The molecule has 2 aliphatic rings. The Balaban J connectivity index is 1.40. The molecule has 0 amide bonds. The second kappa shape index (κ2) is 7.47. The van der Waals surface area contributed by atoms with Crippen molar-refractivity contribution in [3.05, 3.63) is 54.2 Å². The third-order valence-electron chi connectivity index (χ3n) is 5.15. The first kappa shape index (κ1) is 15.8. The van der Waals surface area contributed by atoms with Crippen LogP contribution in [-0.2, 0) is 17.8 Å². The topological polar surface area (TPSA) is 41.7 Å². The van der Waals surface area contributed by atoms with Crippen molar-refractivity contribution < 1.29 is 9.15 Å². The van der Waals surface area contributed by atoms with E-state index in [9.17, 15) is 0 Å². The molecule has 0 aliphatic carbocycles. The highest BCUT2D eigenvalue weighted by molar-refractivity contribution is 5.09. The molecule has 0 radical (unpaired) electrons. The van der Waals surface area contributed by atoms with Crippen LogP contribution < -0.4 is 0 Å². The third kappa shape index (κ3) is 3.69. The Morgan fingerprint density at radius 1 is 1.08 bits per heavy atom. The minimum atomic E-state index is 0.344. The molecule has 2 aromatic rings. The SMILES string of the molecule is c1cncc(CN2CCO[C@@H]3CCN(Cc4ccco4)CC[C@@H]32)c1. The van der Waals surface area contributed by atoms with Crippen LogP contribution in [0.2, 0.25) is 0 Å². The Morgan fingerprint density at radius 2 is 2.04 bits per heavy atom. The minimum Gasteiger partial charge on any atom is -0.468 e. The summed E-state index contributed by atoms with van der Waals surface area (Å²) in [6, 6.07) is 8.71. The summed E-state index contributed by atoms with van der Waals surface area (Å²) in [6.45, 7) is 5.87. The van der Waals surface area contributed by atoms with Gasteiger partial charge in [-0.25, -0.2) is 0 Å². The standard InChI is InChI=1S/C19H25N3O2/c1-3-16(13-20-7-1)14-22-10-12-24-19-6-9-21(8-5-18(19)22)15-17-4-2-11-23-17/h1-4,7,11,13,18-19H,5-6,8-10,12,14-15H2/t18-,19+/m0/s1. The lowest BCUT2D eigenvalue weighted by Gasteiger charge is -2.40. The van der Waals surface area contributed by atoms with Gasteiger partial charge in [0.2, 0.25) is 0 Å². The van der Waals surface area contributed by atoms with E-state index in [1.807, 2.05) is 24.5 Å². The van der Waals surface area contributed by atoms with Crippen LogP contribution in [0.15, 0.2) is 47.3 Å². The van der Waals surface area contributed by atoms with Gasteiger partial charge in [-0.15, -0.1) is 0 Å². The molecule has 2 atom stereocenters. The van der Waals surface area contributed by atoms with Gasteiger partial charge in [0.05, 0.1) is 25.5 Å². The summed E-state index contributed by atoms with van der Waals surface area (Å²) in [5.74, 6) is 1.05. The maximum atomic E-state index is 6.11. The van der Waals surface area contributed by atoms with E-state index >= 15 is 0 Å². The predicted molar refractivity (Wildman–Crippen MR) is 91.4 cm³/mol. The van der Waals surface area contributed by atoms with Gasteiger partial charge in [0.1, 0.15) is 5.76 Å². The van der Waals surface area contributed by atoms with Crippen molar-refractivity contribution in [2.24, 2.45) is 0 Å². The van der Waals surface area contributed by atoms with E-state index in [1.54, 1.807) is 6.26 Å². The van der Waals surface area contributed by atoms with Crippen molar-refractivity contribution in [2.75, 3.05) is 26.2 Å². The number of pyridine rings is 1. The zero-order valence-corrected chi connectivity index (χ0v) is 14.0. The fourth-order valence-corrected chi connectivity index (χ4v) is 3.92. The summed E-state index contributed by atoms with van der Waals surface area (Å²) >= 11 is 0. The van der Waals surface area contributed by atoms with Crippen molar-refractivity contribution in [2.45, 2.75) is 38.1 Å². The van der Waals surface area contributed by atoms with E-state index in [4.69, 9.17) is 9.15 Å². The lowest BCUT2D eigenvalue weighted by molar-refractivity contribution is -0.0747. The number of morpholine rings is 1.